The molecule has 3 aromatic rings. The molecule has 0 saturated heterocycles. The number of aromatic nitrogens is 2. The summed E-state index contributed by atoms with van der Waals surface area (Å²) < 4.78 is 57.5. The van der Waals surface area contributed by atoms with Crippen molar-refractivity contribution in [3.05, 3.63) is 58.9 Å². The summed E-state index contributed by atoms with van der Waals surface area (Å²) in [6, 6.07) is 8.21. The van der Waals surface area contributed by atoms with Gasteiger partial charge in [-0.2, -0.15) is 8.78 Å². The number of hydrogen-bond donors (Lipinski definition) is 1. The van der Waals surface area contributed by atoms with Crippen molar-refractivity contribution in [2.24, 2.45) is 0 Å². The number of benzene rings is 2. The maximum atomic E-state index is 13.5. The van der Waals surface area contributed by atoms with E-state index in [0.29, 0.717) is 16.9 Å². The smallest absolute Gasteiger partial charge is 0.387 e. The second-order valence-electron chi connectivity index (χ2n) is 8.13. The predicted octanol–water partition coefficient (Wildman–Crippen LogP) is 4.11. The van der Waals surface area contributed by atoms with E-state index < -0.39 is 31.6 Å². The first-order chi connectivity index (χ1) is 17.1. The summed E-state index contributed by atoms with van der Waals surface area (Å²) in [5, 5.41) is 3.23. The van der Waals surface area contributed by atoms with Crippen LogP contribution in [0.1, 0.15) is 63.8 Å². The lowest BCUT2D eigenvalue weighted by molar-refractivity contribution is -0.0507. The van der Waals surface area contributed by atoms with Crippen molar-refractivity contribution in [1.29, 1.82) is 0 Å². The van der Waals surface area contributed by atoms with Crippen molar-refractivity contribution in [3.63, 3.8) is 0 Å². The van der Waals surface area contributed by atoms with Crippen LogP contribution in [0, 0.1) is 11.8 Å². The van der Waals surface area contributed by atoms with Crippen LogP contribution in [0.2, 0.25) is 0 Å². The number of carbonyl (C=O) groups is 1. The van der Waals surface area contributed by atoms with E-state index in [9.17, 15) is 13.6 Å². The lowest BCUT2D eigenvalue weighted by Gasteiger charge is -2.24. The molecule has 0 saturated carbocycles. The molecule has 8 heteroatoms. The van der Waals surface area contributed by atoms with E-state index in [1.807, 2.05) is 30.5 Å². The van der Waals surface area contributed by atoms with Crippen molar-refractivity contribution >= 4 is 16.9 Å². The molecule has 2 aromatic carbocycles. The monoisotopic (exact) mass is 453 g/mol. The molecule has 0 spiro atoms. The van der Waals surface area contributed by atoms with Crippen molar-refractivity contribution in [2.45, 2.75) is 45.0 Å². The average Bonchev–Trinajstić information content (AvgIpc) is 3.29. The summed E-state index contributed by atoms with van der Waals surface area (Å²) in [6.07, 6.45) is 0.173. The molecular formula is C25H24F2N4O2. The van der Waals surface area contributed by atoms with Gasteiger partial charge in [0.05, 0.1) is 29.2 Å². The second kappa shape index (κ2) is 8.16. The van der Waals surface area contributed by atoms with Crippen LogP contribution in [-0.2, 0) is 0 Å². The Bertz CT molecular complexity index is 1410. The first-order valence-corrected chi connectivity index (χ1v) is 10.8. The molecule has 0 fully saturated rings. The van der Waals surface area contributed by atoms with Crippen LogP contribution in [0.4, 0.5) is 8.78 Å². The Morgan fingerprint density at radius 3 is 2.94 bits per heavy atom. The first-order valence-electron chi connectivity index (χ1n) is 12.3. The molecule has 1 aromatic heterocycles. The van der Waals surface area contributed by atoms with E-state index in [4.69, 9.17) is 8.85 Å². The molecule has 33 heavy (non-hydrogen) atoms. The molecule has 3 heterocycles. The van der Waals surface area contributed by atoms with Crippen molar-refractivity contribution < 1.29 is 22.4 Å². The molecule has 170 valence electrons. The molecule has 0 radical (unpaired) electrons. The minimum absolute atomic E-state index is 0.00985. The van der Waals surface area contributed by atoms with Crippen molar-refractivity contribution in [1.82, 2.24) is 19.8 Å². The van der Waals surface area contributed by atoms with Crippen LogP contribution < -0.4 is 10.1 Å². The fourth-order valence-corrected chi connectivity index (χ4v) is 4.74. The minimum atomic E-state index is -3.11. The molecule has 1 N–H and O–H groups in total. The highest BCUT2D eigenvalue weighted by molar-refractivity contribution is 5.97. The Hall–Kier alpha value is -3.44. The van der Waals surface area contributed by atoms with Gasteiger partial charge in [-0.05, 0) is 43.8 Å². The van der Waals surface area contributed by atoms with Gasteiger partial charge in [0.15, 0.2) is 0 Å². The van der Waals surface area contributed by atoms with E-state index in [0.717, 1.165) is 17.0 Å². The molecule has 0 aliphatic carbocycles. The molecule has 3 atom stereocenters. The zero-order valence-corrected chi connectivity index (χ0v) is 18.1. The molecule has 1 amide bonds. The third kappa shape index (κ3) is 3.53. The first kappa shape index (κ1) is 18.0. The van der Waals surface area contributed by atoms with Gasteiger partial charge in [0.25, 0.3) is 5.91 Å². The minimum Gasteiger partial charge on any atom is -0.434 e. The predicted molar refractivity (Wildman–Crippen MR) is 120 cm³/mol. The molecule has 0 unspecified atom stereocenters. The summed E-state index contributed by atoms with van der Waals surface area (Å²) in [5.74, 6) is 5.75. The van der Waals surface area contributed by atoms with Crippen molar-refractivity contribution in [2.75, 3.05) is 13.5 Å². The number of amides is 1. The number of halogens is 2. The van der Waals surface area contributed by atoms with E-state index in [1.165, 1.54) is 18.2 Å². The number of rotatable bonds is 4. The van der Waals surface area contributed by atoms with Gasteiger partial charge in [-0.15, -0.1) is 0 Å². The quantitative estimate of drug-likeness (QED) is 0.604. The van der Waals surface area contributed by atoms with Gasteiger partial charge in [-0.25, -0.2) is 4.98 Å². The Morgan fingerprint density at radius 1 is 1.33 bits per heavy atom. The van der Waals surface area contributed by atoms with Gasteiger partial charge < -0.3 is 19.5 Å². The van der Waals surface area contributed by atoms with Crippen LogP contribution in [-0.4, -0.2) is 46.5 Å². The number of imidazole rings is 1. The summed E-state index contributed by atoms with van der Waals surface area (Å²) in [5.41, 5.74) is 2.27. The maximum Gasteiger partial charge on any atom is 0.387 e. The lowest BCUT2D eigenvalue weighted by atomic mass is 9.97. The molecule has 2 bridgehead atoms. The number of nitrogens with one attached hydrogen (secondary N) is 1. The normalized spacial score (nSPS) is 21.4. The number of fused-ring (bicyclic) bond motifs is 9. The van der Waals surface area contributed by atoms with Gasteiger partial charge in [0.1, 0.15) is 11.6 Å². The highest BCUT2D eigenvalue weighted by atomic mass is 19.3. The van der Waals surface area contributed by atoms with E-state index in [2.05, 4.69) is 22.1 Å². The number of alkyl halides is 2. The summed E-state index contributed by atoms with van der Waals surface area (Å²) in [4.78, 5) is 19.0. The Morgan fingerprint density at radius 2 is 2.18 bits per heavy atom. The lowest BCUT2D eigenvalue weighted by Crippen LogP contribution is -2.30. The van der Waals surface area contributed by atoms with Crippen LogP contribution >= 0.6 is 0 Å². The molecule has 2 aliphatic rings. The number of carbonyl (C=O) groups excluding carboxylic acids is 1. The van der Waals surface area contributed by atoms with Crippen molar-refractivity contribution in [3.8, 4) is 17.6 Å². The number of hydrogen-bond acceptors (Lipinski definition) is 4. The third-order valence-electron chi connectivity index (χ3n) is 6.09. The molecule has 6 nitrogen and oxygen atoms in total. The van der Waals surface area contributed by atoms with Gasteiger partial charge in [0, 0.05) is 34.2 Å². The standard InChI is InChI=1S/C25H24F2N4O2/c1-4-28-14(2)8-9-15-10-11-17-18(12-15)31-19-13-20(23(31)29-17)30(3)24(32)16-6-5-7-21(22(16)19)33-25(26)27/h5-7,10-12,14,19-20,25,28H,4,13H2,1-3H3/t14-,19-,20-/m1/s1/i3D3. The van der Waals surface area contributed by atoms with Crippen LogP contribution in [0.5, 0.6) is 5.75 Å². The summed E-state index contributed by atoms with van der Waals surface area (Å²) >= 11 is 0. The van der Waals surface area contributed by atoms with Crippen LogP contribution in [0.15, 0.2) is 36.4 Å². The highest BCUT2D eigenvalue weighted by Crippen LogP contribution is 2.49. The summed E-state index contributed by atoms with van der Waals surface area (Å²) in [7, 11) is 0. The average molecular weight is 454 g/mol. The zero-order valence-electron chi connectivity index (χ0n) is 21.1. The highest BCUT2D eigenvalue weighted by Gasteiger charge is 2.44. The van der Waals surface area contributed by atoms with E-state index in [-0.39, 0.29) is 29.3 Å². The van der Waals surface area contributed by atoms with Crippen LogP contribution in [0.3, 0.4) is 0 Å². The zero-order chi connectivity index (χ0) is 25.8. The molecule has 2 aliphatic heterocycles. The van der Waals surface area contributed by atoms with Gasteiger partial charge in [-0.1, -0.05) is 24.8 Å². The Balaban J connectivity index is 1.73. The maximum absolute atomic E-state index is 13.5. The van der Waals surface area contributed by atoms with E-state index in [1.54, 1.807) is 6.07 Å². The van der Waals surface area contributed by atoms with E-state index >= 15 is 0 Å². The topological polar surface area (TPSA) is 59.4 Å². The SMILES string of the molecule is [2H]C([2H])([2H])N1C(=O)c2cccc(OC(F)F)c2[C@H]2C[C@@H]1c1nc3ccc(C#C[C@@H](C)NCC)cc3n12. The largest absolute Gasteiger partial charge is 0.434 e. The van der Waals surface area contributed by atoms with Gasteiger partial charge in [0.2, 0.25) is 0 Å². The molecule has 5 rings (SSSR count). The van der Waals surface area contributed by atoms with Gasteiger partial charge >= 0.3 is 6.61 Å². The Kier molecular flexibility index (Phi) is 4.46. The van der Waals surface area contributed by atoms with Gasteiger partial charge in [-0.3, -0.25) is 4.79 Å². The number of ether oxygens (including phenoxy) is 1. The molecular weight excluding hydrogens is 426 g/mol. The Labute approximate surface area is 194 Å². The number of nitrogens with zero attached hydrogens (tertiary/aromatic N) is 3. The second-order valence-corrected chi connectivity index (χ2v) is 8.13. The fraction of sp³-hybridized carbons (Fsp3) is 0.360. The third-order valence-corrected chi connectivity index (χ3v) is 6.09. The van der Waals surface area contributed by atoms with Crippen LogP contribution in [0.25, 0.3) is 11.0 Å². The fourth-order valence-electron chi connectivity index (χ4n) is 4.74. The summed E-state index contributed by atoms with van der Waals surface area (Å²) in [6.45, 7) is -1.13.